The largest absolute Gasteiger partial charge is 0.382 e. The number of nitrogens with zero attached hydrogens (tertiary/aromatic N) is 2. The highest BCUT2D eigenvalue weighted by atomic mass is 35.5. The normalized spacial score (nSPS) is 19.0. The number of aromatic nitrogens is 2. The summed E-state index contributed by atoms with van der Waals surface area (Å²) in [7, 11) is 0. The Morgan fingerprint density at radius 3 is 3.00 bits per heavy atom. The lowest BCUT2D eigenvalue weighted by Crippen LogP contribution is -2.27. The minimum atomic E-state index is -0.232. The number of halogens is 1. The van der Waals surface area contributed by atoms with E-state index in [9.17, 15) is 4.79 Å². The topological polar surface area (TPSA) is 56.1 Å². The van der Waals surface area contributed by atoms with Crippen LogP contribution in [0.3, 0.4) is 0 Å². The predicted octanol–water partition coefficient (Wildman–Crippen LogP) is 2.92. The van der Waals surface area contributed by atoms with Crippen molar-refractivity contribution in [3.05, 3.63) is 21.6 Å². The zero-order chi connectivity index (χ0) is 15.2. The minimum absolute atomic E-state index is 0.218. The molecule has 1 atom stereocenters. The molecule has 1 N–H and O–H groups in total. The summed E-state index contributed by atoms with van der Waals surface area (Å²) < 4.78 is 7.10. The summed E-state index contributed by atoms with van der Waals surface area (Å²) in [6, 6.07) is 0. The standard InChI is InChI=1S/C15H24ClN3O2/c1-11(2)10-19-15(20)14(16)13(9-18-19)17-7-6-12-5-3-4-8-21-12/h9,11-12,17H,3-8,10H2,1-2H3. The van der Waals surface area contributed by atoms with E-state index < -0.39 is 0 Å². The average molecular weight is 314 g/mol. The quantitative estimate of drug-likeness (QED) is 0.877. The van der Waals surface area contributed by atoms with Crippen LogP contribution in [0.4, 0.5) is 5.69 Å². The summed E-state index contributed by atoms with van der Waals surface area (Å²) in [5.74, 6) is 0.355. The SMILES string of the molecule is CC(C)Cn1ncc(NCCC2CCCCO2)c(Cl)c1=O. The van der Waals surface area contributed by atoms with Crippen LogP contribution in [0.15, 0.2) is 11.0 Å². The first-order valence-electron chi connectivity index (χ1n) is 7.69. The van der Waals surface area contributed by atoms with Crippen LogP contribution in [-0.4, -0.2) is 29.0 Å². The highest BCUT2D eigenvalue weighted by Gasteiger charge is 2.14. The van der Waals surface area contributed by atoms with E-state index in [1.165, 1.54) is 11.1 Å². The van der Waals surface area contributed by atoms with Crippen molar-refractivity contribution < 1.29 is 4.74 Å². The van der Waals surface area contributed by atoms with Crippen molar-refractivity contribution in [2.75, 3.05) is 18.5 Å². The van der Waals surface area contributed by atoms with Crippen molar-refractivity contribution >= 4 is 17.3 Å². The smallest absolute Gasteiger partial charge is 0.287 e. The van der Waals surface area contributed by atoms with Crippen LogP contribution in [0.1, 0.15) is 39.5 Å². The molecule has 1 aliphatic rings. The van der Waals surface area contributed by atoms with Gasteiger partial charge >= 0.3 is 0 Å². The molecule has 1 aliphatic heterocycles. The average Bonchev–Trinajstić information content (AvgIpc) is 2.47. The van der Waals surface area contributed by atoms with E-state index in [1.807, 2.05) is 13.8 Å². The van der Waals surface area contributed by atoms with Gasteiger partial charge in [-0.15, -0.1) is 0 Å². The molecule has 1 aromatic rings. The third-order valence-corrected chi connectivity index (χ3v) is 3.94. The Hall–Kier alpha value is -1.07. The van der Waals surface area contributed by atoms with E-state index >= 15 is 0 Å². The Bertz CT molecular complexity index is 510. The molecule has 2 heterocycles. The molecule has 2 rings (SSSR count). The molecule has 6 heteroatoms. The Kier molecular flexibility index (Phi) is 6.06. The first-order chi connectivity index (χ1) is 10.1. The van der Waals surface area contributed by atoms with Gasteiger partial charge in [0.25, 0.3) is 5.56 Å². The molecule has 5 nitrogen and oxygen atoms in total. The molecular formula is C15H24ClN3O2. The van der Waals surface area contributed by atoms with Crippen LogP contribution >= 0.6 is 11.6 Å². The monoisotopic (exact) mass is 313 g/mol. The van der Waals surface area contributed by atoms with Gasteiger partial charge in [-0.1, -0.05) is 25.4 Å². The minimum Gasteiger partial charge on any atom is -0.382 e. The van der Waals surface area contributed by atoms with Gasteiger partial charge in [0.2, 0.25) is 0 Å². The molecule has 1 fully saturated rings. The lowest BCUT2D eigenvalue weighted by atomic mass is 10.1. The third kappa shape index (κ3) is 4.71. The molecule has 118 valence electrons. The fraction of sp³-hybridized carbons (Fsp3) is 0.733. The second-order valence-corrected chi connectivity index (χ2v) is 6.34. The maximum atomic E-state index is 12.1. The zero-order valence-corrected chi connectivity index (χ0v) is 13.5. The summed E-state index contributed by atoms with van der Waals surface area (Å²) in [5.41, 5.74) is 0.377. The van der Waals surface area contributed by atoms with Crippen molar-refractivity contribution in [2.24, 2.45) is 5.92 Å². The Morgan fingerprint density at radius 1 is 1.52 bits per heavy atom. The molecule has 0 bridgehead atoms. The molecular weight excluding hydrogens is 290 g/mol. The maximum absolute atomic E-state index is 12.1. The molecule has 0 aromatic carbocycles. The van der Waals surface area contributed by atoms with Crippen LogP contribution in [0, 0.1) is 5.92 Å². The van der Waals surface area contributed by atoms with Crippen LogP contribution in [0.5, 0.6) is 0 Å². The predicted molar refractivity (Wildman–Crippen MR) is 85.0 cm³/mol. The highest BCUT2D eigenvalue weighted by molar-refractivity contribution is 6.32. The second kappa shape index (κ2) is 7.80. The van der Waals surface area contributed by atoms with E-state index in [-0.39, 0.29) is 10.6 Å². The number of hydrogen-bond donors (Lipinski definition) is 1. The lowest BCUT2D eigenvalue weighted by Gasteiger charge is -2.22. The Balaban J connectivity index is 1.91. The summed E-state index contributed by atoms with van der Waals surface area (Å²) in [6.07, 6.45) is 6.38. The van der Waals surface area contributed by atoms with E-state index in [0.29, 0.717) is 24.3 Å². The van der Waals surface area contributed by atoms with Gasteiger partial charge in [0, 0.05) is 19.7 Å². The number of hydrogen-bond acceptors (Lipinski definition) is 4. The van der Waals surface area contributed by atoms with Gasteiger partial charge in [-0.2, -0.15) is 5.10 Å². The summed E-state index contributed by atoms with van der Waals surface area (Å²) in [4.78, 5) is 12.1. The number of nitrogens with one attached hydrogen (secondary N) is 1. The molecule has 1 aromatic heterocycles. The highest BCUT2D eigenvalue weighted by Crippen LogP contribution is 2.18. The molecule has 0 radical (unpaired) electrons. The van der Waals surface area contributed by atoms with Gasteiger partial charge in [-0.3, -0.25) is 4.79 Å². The van der Waals surface area contributed by atoms with Crippen LogP contribution in [0.2, 0.25) is 5.02 Å². The van der Waals surface area contributed by atoms with Gasteiger partial charge in [0.1, 0.15) is 5.02 Å². The van der Waals surface area contributed by atoms with Crippen molar-refractivity contribution in [1.29, 1.82) is 0 Å². The fourth-order valence-electron chi connectivity index (χ4n) is 2.47. The van der Waals surface area contributed by atoms with Crippen molar-refractivity contribution in [2.45, 2.75) is 52.2 Å². The summed E-state index contributed by atoms with van der Waals surface area (Å²) in [6.45, 7) is 6.25. The van der Waals surface area contributed by atoms with E-state index in [1.54, 1.807) is 6.20 Å². The second-order valence-electron chi connectivity index (χ2n) is 5.96. The Labute approximate surface area is 130 Å². The van der Waals surface area contributed by atoms with E-state index in [4.69, 9.17) is 16.3 Å². The van der Waals surface area contributed by atoms with Gasteiger partial charge < -0.3 is 10.1 Å². The van der Waals surface area contributed by atoms with Gasteiger partial charge in [-0.05, 0) is 31.6 Å². The molecule has 21 heavy (non-hydrogen) atoms. The van der Waals surface area contributed by atoms with E-state index in [0.717, 1.165) is 32.4 Å². The fourth-order valence-corrected chi connectivity index (χ4v) is 2.68. The number of ether oxygens (including phenoxy) is 1. The molecule has 0 saturated carbocycles. The zero-order valence-electron chi connectivity index (χ0n) is 12.8. The van der Waals surface area contributed by atoms with Crippen molar-refractivity contribution in [3.8, 4) is 0 Å². The first-order valence-corrected chi connectivity index (χ1v) is 8.07. The third-order valence-electron chi connectivity index (χ3n) is 3.58. The van der Waals surface area contributed by atoms with Crippen LogP contribution in [-0.2, 0) is 11.3 Å². The van der Waals surface area contributed by atoms with Gasteiger partial charge in [0.15, 0.2) is 0 Å². The summed E-state index contributed by atoms with van der Waals surface area (Å²) in [5, 5.41) is 7.58. The number of rotatable bonds is 6. The van der Waals surface area contributed by atoms with E-state index in [2.05, 4.69) is 10.4 Å². The van der Waals surface area contributed by atoms with Gasteiger partial charge in [0.05, 0.1) is 18.0 Å². The lowest BCUT2D eigenvalue weighted by molar-refractivity contribution is 0.0134. The van der Waals surface area contributed by atoms with Crippen molar-refractivity contribution in [1.82, 2.24) is 9.78 Å². The van der Waals surface area contributed by atoms with Crippen LogP contribution in [0.25, 0.3) is 0 Å². The Morgan fingerprint density at radius 2 is 2.33 bits per heavy atom. The van der Waals surface area contributed by atoms with Crippen molar-refractivity contribution in [3.63, 3.8) is 0 Å². The molecule has 0 amide bonds. The molecule has 0 aliphatic carbocycles. The maximum Gasteiger partial charge on any atom is 0.287 e. The van der Waals surface area contributed by atoms with Crippen LogP contribution < -0.4 is 10.9 Å². The molecule has 0 spiro atoms. The molecule has 1 unspecified atom stereocenters. The number of anilines is 1. The molecule has 1 saturated heterocycles. The summed E-state index contributed by atoms with van der Waals surface area (Å²) >= 11 is 6.14. The first kappa shape index (κ1) is 16.3. The van der Waals surface area contributed by atoms with Gasteiger partial charge in [-0.25, -0.2) is 4.68 Å².